The van der Waals surface area contributed by atoms with Gasteiger partial charge in [-0.25, -0.2) is 0 Å². The molecule has 2 atom stereocenters. The summed E-state index contributed by atoms with van der Waals surface area (Å²) in [7, 11) is 0. The van der Waals surface area contributed by atoms with Crippen LogP contribution in [-0.4, -0.2) is 29.1 Å². The largest absolute Gasteiger partial charge is 0.371 e. The highest BCUT2D eigenvalue weighted by Crippen LogP contribution is 2.35. The maximum Gasteiger partial charge on any atom is 0.0795 e. The molecule has 2 saturated heterocycles. The third-order valence-electron chi connectivity index (χ3n) is 10.2. The summed E-state index contributed by atoms with van der Waals surface area (Å²) in [5.41, 5.74) is 10.7. The van der Waals surface area contributed by atoms with Crippen molar-refractivity contribution in [3.8, 4) is 0 Å². The number of benzene rings is 3. The molecule has 7 rings (SSSR count). The maximum atomic E-state index is 8.56. The van der Waals surface area contributed by atoms with E-state index >= 15 is 0 Å². The van der Waals surface area contributed by atoms with Crippen LogP contribution in [0.3, 0.4) is 0 Å². The Hall–Kier alpha value is -5.36. The topological polar surface area (TPSA) is 71.1 Å². The van der Waals surface area contributed by atoms with Gasteiger partial charge in [-0.1, -0.05) is 88.5 Å². The second-order valence-corrected chi connectivity index (χ2v) is 13.3. The van der Waals surface area contributed by atoms with Crippen LogP contribution in [0, 0.1) is 10.8 Å². The first-order valence-corrected chi connectivity index (χ1v) is 18.0. The zero-order valence-corrected chi connectivity index (χ0v) is 29.7. The molecule has 6 nitrogen and oxygen atoms in total. The summed E-state index contributed by atoms with van der Waals surface area (Å²) < 4.78 is 2.43. The van der Waals surface area contributed by atoms with E-state index in [0.717, 1.165) is 61.4 Å². The van der Waals surface area contributed by atoms with Crippen LogP contribution in [-0.2, 0) is 0 Å². The Bertz CT molecular complexity index is 1890. The molecule has 0 saturated carbocycles. The van der Waals surface area contributed by atoms with Gasteiger partial charge in [0.2, 0.25) is 0 Å². The van der Waals surface area contributed by atoms with Gasteiger partial charge in [-0.3, -0.25) is 5.41 Å². The summed E-state index contributed by atoms with van der Waals surface area (Å²) in [6, 6.07) is 30.2. The minimum atomic E-state index is 0.265. The van der Waals surface area contributed by atoms with Crippen molar-refractivity contribution in [2.75, 3.05) is 22.9 Å². The lowest BCUT2D eigenvalue weighted by Gasteiger charge is -2.35. The van der Waals surface area contributed by atoms with Gasteiger partial charge < -0.3 is 25.1 Å². The van der Waals surface area contributed by atoms with Crippen molar-refractivity contribution < 1.29 is 0 Å². The van der Waals surface area contributed by atoms with Gasteiger partial charge in [-0.15, -0.1) is 0 Å². The Morgan fingerprint density at radius 2 is 1.54 bits per heavy atom. The average molecular weight is 663 g/mol. The third kappa shape index (κ3) is 7.45. The molecule has 6 heteroatoms. The monoisotopic (exact) mass is 662 g/mol. The summed E-state index contributed by atoms with van der Waals surface area (Å²) in [4.78, 5) is 4.51. The van der Waals surface area contributed by atoms with E-state index in [-0.39, 0.29) is 5.92 Å². The molecule has 2 fully saturated rings. The molecule has 4 heterocycles. The highest BCUT2D eigenvalue weighted by atomic mass is 15.2. The van der Waals surface area contributed by atoms with E-state index in [1.807, 2.05) is 55.3 Å². The quantitative estimate of drug-likeness (QED) is 0.165. The Balaban J connectivity index is 0.00000212. The molecule has 3 aromatic carbocycles. The highest BCUT2D eigenvalue weighted by molar-refractivity contribution is 6.18. The molecule has 0 amide bonds. The molecule has 0 aliphatic carbocycles. The minimum absolute atomic E-state index is 0.265. The van der Waals surface area contributed by atoms with Gasteiger partial charge in [-0.05, 0) is 90.4 Å². The number of rotatable bonds is 8. The molecule has 0 radical (unpaired) electrons. The second kappa shape index (κ2) is 15.5. The molecule has 1 aromatic heterocycles. The lowest BCUT2D eigenvalue weighted by Crippen LogP contribution is -2.34. The van der Waals surface area contributed by atoms with E-state index < -0.39 is 0 Å². The van der Waals surface area contributed by atoms with Crippen LogP contribution >= 0.6 is 0 Å². The number of hydrogen-bond acceptors (Lipinski definition) is 5. The zero-order valence-electron chi connectivity index (χ0n) is 29.7. The fourth-order valence-corrected chi connectivity index (χ4v) is 7.26. The molecule has 3 aliphatic rings. The SMILES string of the molecule is C=C1CCC(c2ccc(N3CCC(n4ccc(C(C)c5ccc(N6C=CC(=N)/C6=C\C(=N)c6ccccc6)cc5)c4)CC3)cc2)C(=C)N1.CC. The molecule has 2 unspecified atom stereocenters. The first-order valence-electron chi connectivity index (χ1n) is 18.0. The van der Waals surface area contributed by atoms with Crippen molar-refractivity contribution in [3.05, 3.63) is 168 Å². The maximum absolute atomic E-state index is 8.56. The van der Waals surface area contributed by atoms with Crippen molar-refractivity contribution >= 4 is 22.8 Å². The normalized spacial score (nSPS) is 19.3. The van der Waals surface area contributed by atoms with Crippen molar-refractivity contribution in [3.63, 3.8) is 0 Å². The molecule has 0 spiro atoms. The first-order chi connectivity index (χ1) is 24.3. The number of allylic oxidation sites excluding steroid dienone is 4. The van der Waals surface area contributed by atoms with Gasteiger partial charge in [0.15, 0.2) is 0 Å². The number of aromatic nitrogens is 1. The number of piperidine rings is 2. The predicted octanol–water partition coefficient (Wildman–Crippen LogP) is 10.3. The van der Waals surface area contributed by atoms with Crippen molar-refractivity contribution in [2.24, 2.45) is 0 Å². The molecular weight excluding hydrogens is 613 g/mol. The lowest BCUT2D eigenvalue weighted by molar-refractivity contribution is 0.397. The van der Waals surface area contributed by atoms with Crippen LogP contribution in [0.15, 0.2) is 146 Å². The minimum Gasteiger partial charge on any atom is -0.371 e. The van der Waals surface area contributed by atoms with E-state index in [0.29, 0.717) is 29.1 Å². The van der Waals surface area contributed by atoms with E-state index in [4.69, 9.17) is 10.8 Å². The van der Waals surface area contributed by atoms with Crippen LogP contribution < -0.4 is 15.1 Å². The summed E-state index contributed by atoms with van der Waals surface area (Å²) in [6.45, 7) is 16.7. The Kier molecular flexibility index (Phi) is 10.7. The standard InChI is InChI=1S/C42H44N6.C2H6/c1-29-9-18-39(31(3)45-29)33-12-14-36(15-13-33)46-24-20-37(21-25-46)47-23-19-35(28-47)30(2)32-10-16-38(17-11-32)48-26-22-40(43)42(48)27-41(44)34-7-5-4-6-8-34;1-2/h4-8,10-17,19,22-23,26-28,30,37,39,43-45H,1,3,9,18,20-21,24-25H2,2H3;1-2H3/b42-27+,43-40?,44-41?;. The Labute approximate surface area is 298 Å². The zero-order chi connectivity index (χ0) is 35.2. The molecule has 3 aliphatic heterocycles. The molecule has 50 heavy (non-hydrogen) atoms. The number of nitrogens with one attached hydrogen (secondary N) is 3. The van der Waals surface area contributed by atoms with E-state index in [9.17, 15) is 0 Å². The first kappa shape index (κ1) is 34.5. The summed E-state index contributed by atoms with van der Waals surface area (Å²) in [6.07, 6.45) is 14.4. The highest BCUT2D eigenvalue weighted by Gasteiger charge is 2.24. The molecule has 4 aromatic rings. The van der Waals surface area contributed by atoms with E-state index in [1.165, 1.54) is 22.4 Å². The smallest absolute Gasteiger partial charge is 0.0795 e. The fraction of sp³-hybridized carbons (Fsp3) is 0.273. The van der Waals surface area contributed by atoms with Gasteiger partial charge in [0.05, 0.1) is 17.1 Å². The molecule has 256 valence electrons. The van der Waals surface area contributed by atoms with Crippen LogP contribution in [0.2, 0.25) is 0 Å². The molecular formula is C44H50N6. The number of hydrogen-bond donors (Lipinski definition) is 3. The lowest BCUT2D eigenvalue weighted by atomic mass is 9.88. The second-order valence-electron chi connectivity index (χ2n) is 13.3. The van der Waals surface area contributed by atoms with Crippen molar-refractivity contribution in [1.29, 1.82) is 10.8 Å². The van der Waals surface area contributed by atoms with Gasteiger partial charge >= 0.3 is 0 Å². The van der Waals surface area contributed by atoms with Gasteiger partial charge in [0, 0.05) is 72.3 Å². The van der Waals surface area contributed by atoms with Crippen LogP contribution in [0.1, 0.15) is 86.6 Å². The Morgan fingerprint density at radius 1 is 0.860 bits per heavy atom. The van der Waals surface area contributed by atoms with Crippen LogP contribution in [0.5, 0.6) is 0 Å². The van der Waals surface area contributed by atoms with Gasteiger partial charge in [0.1, 0.15) is 0 Å². The van der Waals surface area contributed by atoms with E-state index in [1.54, 1.807) is 12.2 Å². The molecule has 3 N–H and O–H groups in total. The van der Waals surface area contributed by atoms with Gasteiger partial charge in [0.25, 0.3) is 0 Å². The predicted molar refractivity (Wildman–Crippen MR) is 211 cm³/mol. The third-order valence-corrected chi connectivity index (χ3v) is 10.2. The van der Waals surface area contributed by atoms with Crippen LogP contribution in [0.4, 0.5) is 11.4 Å². The summed E-state index contributed by atoms with van der Waals surface area (Å²) >= 11 is 0. The number of nitrogens with zero attached hydrogens (tertiary/aromatic N) is 3. The summed E-state index contributed by atoms with van der Waals surface area (Å²) in [5, 5.41) is 20.4. The van der Waals surface area contributed by atoms with Gasteiger partial charge in [-0.2, -0.15) is 0 Å². The van der Waals surface area contributed by atoms with Crippen molar-refractivity contribution in [2.45, 2.75) is 64.3 Å². The average Bonchev–Trinajstić information content (AvgIpc) is 3.80. The number of anilines is 2. The fourth-order valence-electron chi connectivity index (χ4n) is 7.26. The van der Waals surface area contributed by atoms with Crippen LogP contribution in [0.25, 0.3) is 0 Å². The molecule has 0 bridgehead atoms. The Morgan fingerprint density at radius 3 is 2.22 bits per heavy atom. The van der Waals surface area contributed by atoms with Crippen molar-refractivity contribution in [1.82, 2.24) is 9.88 Å². The summed E-state index contributed by atoms with van der Waals surface area (Å²) in [5.74, 6) is 0.619. The van der Waals surface area contributed by atoms with E-state index in [2.05, 4.69) is 102 Å².